The molecule has 2 rings (SSSR count). The molecule has 0 aromatic heterocycles. The Morgan fingerprint density at radius 2 is 1.22 bits per heavy atom. The quantitative estimate of drug-likeness (QED) is 0.626. The van der Waals surface area contributed by atoms with Crippen LogP contribution in [0.25, 0.3) is 0 Å². The van der Waals surface area contributed by atoms with E-state index in [-0.39, 0.29) is 24.7 Å². The van der Waals surface area contributed by atoms with Crippen LogP contribution in [-0.4, -0.2) is 33.2 Å². The molecule has 0 bridgehead atoms. The first-order chi connectivity index (χ1) is 13.0. The van der Waals surface area contributed by atoms with E-state index in [1.54, 1.807) is 21.3 Å². The predicted octanol–water partition coefficient (Wildman–Crippen LogP) is 4.37. The third kappa shape index (κ3) is 5.45. The zero-order chi connectivity index (χ0) is 19.8. The average molecular weight is 374 g/mol. The van der Waals surface area contributed by atoms with Gasteiger partial charge in [-0.1, -0.05) is 38.1 Å². The van der Waals surface area contributed by atoms with Crippen molar-refractivity contribution in [1.29, 1.82) is 0 Å². The summed E-state index contributed by atoms with van der Waals surface area (Å²) in [5.74, 6) is 1.57. The lowest BCUT2D eigenvalue weighted by molar-refractivity contribution is -0.106. The second-order valence-corrected chi connectivity index (χ2v) is 6.70. The van der Waals surface area contributed by atoms with Crippen LogP contribution in [0.15, 0.2) is 48.5 Å². The van der Waals surface area contributed by atoms with E-state index in [2.05, 4.69) is 6.92 Å². The molecule has 0 unspecified atom stereocenters. The van der Waals surface area contributed by atoms with E-state index in [0.717, 1.165) is 22.6 Å². The molecule has 0 fully saturated rings. The summed E-state index contributed by atoms with van der Waals surface area (Å²) in [5.41, 5.74) is 1.88. The molecule has 0 heterocycles. The number of benzene rings is 2. The molecule has 2 aromatic rings. The Kier molecular flexibility index (Phi) is 8.10. The van der Waals surface area contributed by atoms with E-state index in [9.17, 15) is 5.11 Å². The molecule has 27 heavy (non-hydrogen) atoms. The van der Waals surface area contributed by atoms with Crippen LogP contribution < -0.4 is 9.47 Å². The Bertz CT molecular complexity index is 668. The van der Waals surface area contributed by atoms with Gasteiger partial charge in [-0.15, -0.1) is 0 Å². The molecule has 1 N–H and O–H groups in total. The van der Waals surface area contributed by atoms with E-state index in [1.807, 2.05) is 55.5 Å². The minimum absolute atomic E-state index is 0.0395. The molecule has 0 aliphatic carbocycles. The van der Waals surface area contributed by atoms with Crippen LogP contribution in [0.3, 0.4) is 0 Å². The number of rotatable bonds is 10. The zero-order valence-corrected chi connectivity index (χ0v) is 16.7. The minimum Gasteiger partial charge on any atom is -0.497 e. The second-order valence-electron chi connectivity index (χ2n) is 6.70. The summed E-state index contributed by atoms with van der Waals surface area (Å²) in [5, 5.41) is 10.9. The lowest BCUT2D eigenvalue weighted by Gasteiger charge is -2.32. The Morgan fingerprint density at radius 1 is 0.741 bits per heavy atom. The van der Waals surface area contributed by atoms with Gasteiger partial charge in [0, 0.05) is 7.11 Å². The Hall–Kier alpha value is -2.08. The SMILES string of the molecule is COCO[C@@H](c1ccc(OC)cc1)[C@H](C)[C@@H](C)[C@@H](O)c1ccc(OC)cc1. The minimum atomic E-state index is -0.613. The van der Waals surface area contributed by atoms with Crippen molar-refractivity contribution >= 4 is 0 Å². The molecule has 5 nitrogen and oxygen atoms in total. The van der Waals surface area contributed by atoms with E-state index < -0.39 is 6.10 Å². The largest absolute Gasteiger partial charge is 0.497 e. The fourth-order valence-corrected chi connectivity index (χ4v) is 3.15. The van der Waals surface area contributed by atoms with E-state index in [4.69, 9.17) is 18.9 Å². The number of methoxy groups -OCH3 is 3. The van der Waals surface area contributed by atoms with Crippen LogP contribution in [0.5, 0.6) is 11.5 Å². The van der Waals surface area contributed by atoms with E-state index in [1.165, 1.54) is 0 Å². The summed E-state index contributed by atoms with van der Waals surface area (Å²) in [4.78, 5) is 0. The van der Waals surface area contributed by atoms with Gasteiger partial charge >= 0.3 is 0 Å². The van der Waals surface area contributed by atoms with Gasteiger partial charge in [-0.3, -0.25) is 0 Å². The predicted molar refractivity (Wildman–Crippen MR) is 105 cm³/mol. The third-order valence-corrected chi connectivity index (χ3v) is 5.07. The molecule has 0 aliphatic rings. The average Bonchev–Trinajstić information content (AvgIpc) is 2.73. The van der Waals surface area contributed by atoms with Crippen molar-refractivity contribution in [2.24, 2.45) is 11.8 Å². The molecular formula is C22H30O5. The van der Waals surface area contributed by atoms with E-state index in [0.29, 0.717) is 0 Å². The Morgan fingerprint density at radius 3 is 1.67 bits per heavy atom. The molecule has 2 aromatic carbocycles. The molecule has 0 spiro atoms. The highest BCUT2D eigenvalue weighted by Crippen LogP contribution is 2.38. The van der Waals surface area contributed by atoms with Crippen LogP contribution >= 0.6 is 0 Å². The fourth-order valence-electron chi connectivity index (χ4n) is 3.15. The van der Waals surface area contributed by atoms with Gasteiger partial charge in [0.15, 0.2) is 0 Å². The molecule has 0 saturated heterocycles. The van der Waals surface area contributed by atoms with Gasteiger partial charge in [0.1, 0.15) is 18.3 Å². The standard InChI is InChI=1S/C22H30O5/c1-15(21(23)17-6-10-19(25-4)11-7-17)16(2)22(27-14-24-3)18-8-12-20(26-5)13-9-18/h6-13,15-16,21-23H,14H2,1-5H3/t15-,16-,21-,22-/m1/s1. The summed E-state index contributed by atoms with van der Waals surface area (Å²) >= 11 is 0. The molecule has 5 heteroatoms. The maximum Gasteiger partial charge on any atom is 0.147 e. The van der Waals surface area contributed by atoms with Crippen molar-refractivity contribution in [3.8, 4) is 11.5 Å². The third-order valence-electron chi connectivity index (χ3n) is 5.07. The van der Waals surface area contributed by atoms with Crippen molar-refractivity contribution in [2.45, 2.75) is 26.1 Å². The molecule has 0 saturated carbocycles. The summed E-state index contributed by atoms with van der Waals surface area (Å²) in [6.07, 6.45) is -0.823. The summed E-state index contributed by atoms with van der Waals surface area (Å²) in [7, 11) is 4.87. The highest BCUT2D eigenvalue weighted by atomic mass is 16.7. The molecule has 0 radical (unpaired) electrons. The van der Waals surface area contributed by atoms with Gasteiger partial charge in [0.05, 0.1) is 26.4 Å². The lowest BCUT2D eigenvalue weighted by atomic mass is 9.81. The summed E-state index contributed by atoms with van der Waals surface area (Å²) < 4.78 is 21.5. The molecule has 0 aliphatic heterocycles. The highest BCUT2D eigenvalue weighted by molar-refractivity contribution is 5.30. The fraction of sp³-hybridized carbons (Fsp3) is 0.455. The van der Waals surface area contributed by atoms with Crippen LogP contribution in [0.1, 0.15) is 37.2 Å². The number of aliphatic hydroxyl groups is 1. The molecule has 148 valence electrons. The van der Waals surface area contributed by atoms with Crippen molar-refractivity contribution in [3.05, 3.63) is 59.7 Å². The van der Waals surface area contributed by atoms with Crippen molar-refractivity contribution < 1.29 is 24.1 Å². The van der Waals surface area contributed by atoms with E-state index >= 15 is 0 Å². The Balaban J connectivity index is 2.19. The van der Waals surface area contributed by atoms with Gasteiger partial charge in [-0.2, -0.15) is 0 Å². The van der Waals surface area contributed by atoms with Crippen LogP contribution in [-0.2, 0) is 9.47 Å². The topological polar surface area (TPSA) is 57.2 Å². The maximum absolute atomic E-state index is 10.9. The Labute approximate surface area is 161 Å². The van der Waals surface area contributed by atoms with Crippen LogP contribution in [0, 0.1) is 11.8 Å². The summed E-state index contributed by atoms with van der Waals surface area (Å²) in [6, 6.07) is 15.3. The second kappa shape index (κ2) is 10.3. The number of hydrogen-bond donors (Lipinski definition) is 1. The monoisotopic (exact) mass is 374 g/mol. The number of ether oxygens (including phenoxy) is 4. The lowest BCUT2D eigenvalue weighted by Crippen LogP contribution is -2.25. The van der Waals surface area contributed by atoms with Gasteiger partial charge < -0.3 is 24.1 Å². The van der Waals surface area contributed by atoms with Gasteiger partial charge in [0.2, 0.25) is 0 Å². The first kappa shape index (κ1) is 21.2. The first-order valence-electron chi connectivity index (χ1n) is 9.08. The first-order valence-corrected chi connectivity index (χ1v) is 9.08. The normalized spacial score (nSPS) is 15.6. The van der Waals surface area contributed by atoms with Gasteiger partial charge in [-0.05, 0) is 47.2 Å². The number of hydrogen-bond acceptors (Lipinski definition) is 5. The smallest absolute Gasteiger partial charge is 0.147 e. The molecular weight excluding hydrogens is 344 g/mol. The molecule has 0 amide bonds. The highest BCUT2D eigenvalue weighted by Gasteiger charge is 2.30. The molecule has 4 atom stereocenters. The van der Waals surface area contributed by atoms with Crippen molar-refractivity contribution in [3.63, 3.8) is 0 Å². The van der Waals surface area contributed by atoms with Crippen LogP contribution in [0.2, 0.25) is 0 Å². The van der Waals surface area contributed by atoms with Gasteiger partial charge in [0.25, 0.3) is 0 Å². The summed E-state index contributed by atoms with van der Waals surface area (Å²) in [6.45, 7) is 4.31. The maximum atomic E-state index is 10.9. The van der Waals surface area contributed by atoms with Gasteiger partial charge in [-0.25, -0.2) is 0 Å². The van der Waals surface area contributed by atoms with Crippen molar-refractivity contribution in [2.75, 3.05) is 28.1 Å². The van der Waals surface area contributed by atoms with Crippen molar-refractivity contribution in [1.82, 2.24) is 0 Å². The number of aliphatic hydroxyl groups excluding tert-OH is 1. The zero-order valence-electron chi connectivity index (χ0n) is 16.7. The van der Waals surface area contributed by atoms with Crippen LogP contribution in [0.4, 0.5) is 0 Å².